The third kappa shape index (κ3) is 3.35. The van der Waals surface area contributed by atoms with E-state index in [0.29, 0.717) is 5.89 Å². The molecule has 0 bridgehead atoms. The summed E-state index contributed by atoms with van der Waals surface area (Å²) in [7, 11) is 0. The summed E-state index contributed by atoms with van der Waals surface area (Å²) in [6.07, 6.45) is 0. The first-order chi connectivity index (χ1) is 9.08. The number of nitrogens with one attached hydrogen (secondary N) is 1. The number of rotatable bonds is 4. The van der Waals surface area contributed by atoms with E-state index >= 15 is 0 Å². The third-order valence-corrected chi connectivity index (χ3v) is 3.26. The van der Waals surface area contributed by atoms with E-state index in [4.69, 9.17) is 16.0 Å². The molecular weight excluding hydrogens is 264 g/mol. The van der Waals surface area contributed by atoms with Crippen molar-refractivity contribution >= 4 is 17.5 Å². The van der Waals surface area contributed by atoms with E-state index in [1.54, 1.807) is 0 Å². The van der Waals surface area contributed by atoms with Crippen LogP contribution in [0.15, 0.2) is 34.7 Å². The van der Waals surface area contributed by atoms with Gasteiger partial charge in [-0.1, -0.05) is 30.3 Å². The van der Waals surface area contributed by atoms with E-state index < -0.39 is 5.38 Å². The highest BCUT2D eigenvalue weighted by atomic mass is 35.5. The van der Waals surface area contributed by atoms with E-state index in [1.807, 2.05) is 44.2 Å². The number of carbonyl (C=O) groups is 1. The van der Waals surface area contributed by atoms with E-state index in [0.717, 1.165) is 17.0 Å². The van der Waals surface area contributed by atoms with Crippen LogP contribution < -0.4 is 5.32 Å². The second kappa shape index (κ2) is 5.89. The maximum absolute atomic E-state index is 11.9. The Bertz CT molecular complexity index is 547. The largest absolute Gasteiger partial charge is 0.444 e. The van der Waals surface area contributed by atoms with Gasteiger partial charge in [-0.15, -0.1) is 11.6 Å². The van der Waals surface area contributed by atoms with Crippen molar-refractivity contribution in [2.24, 2.45) is 0 Å². The third-order valence-electron chi connectivity index (χ3n) is 2.81. The van der Waals surface area contributed by atoms with Gasteiger partial charge in [0.05, 0.1) is 12.2 Å². The molecule has 0 saturated heterocycles. The fourth-order valence-corrected chi connectivity index (χ4v) is 1.86. The Morgan fingerprint density at radius 2 is 2.05 bits per heavy atom. The Morgan fingerprint density at radius 3 is 2.63 bits per heavy atom. The van der Waals surface area contributed by atoms with Crippen LogP contribution in [-0.2, 0) is 11.3 Å². The van der Waals surface area contributed by atoms with Crippen molar-refractivity contribution in [2.75, 3.05) is 0 Å². The molecule has 1 unspecified atom stereocenters. The predicted molar refractivity (Wildman–Crippen MR) is 72.9 cm³/mol. The highest BCUT2D eigenvalue weighted by Gasteiger charge is 2.17. The van der Waals surface area contributed by atoms with Gasteiger partial charge in [0.1, 0.15) is 11.1 Å². The van der Waals surface area contributed by atoms with Crippen molar-refractivity contribution in [3.05, 3.63) is 53.2 Å². The minimum absolute atomic E-state index is 0.240. The molecule has 100 valence electrons. The summed E-state index contributed by atoms with van der Waals surface area (Å²) in [6, 6.07) is 9.20. The number of benzene rings is 1. The zero-order chi connectivity index (χ0) is 13.8. The van der Waals surface area contributed by atoms with Crippen LogP contribution in [0.3, 0.4) is 0 Å². The molecule has 1 atom stereocenters. The zero-order valence-corrected chi connectivity index (χ0v) is 11.6. The Kier molecular flexibility index (Phi) is 4.22. The summed E-state index contributed by atoms with van der Waals surface area (Å²) < 4.78 is 5.38. The molecule has 0 spiro atoms. The van der Waals surface area contributed by atoms with Crippen molar-refractivity contribution in [3.8, 4) is 0 Å². The molecule has 0 fully saturated rings. The molecule has 2 rings (SSSR count). The summed E-state index contributed by atoms with van der Waals surface area (Å²) in [4.78, 5) is 16.1. The Morgan fingerprint density at radius 1 is 1.37 bits per heavy atom. The molecule has 5 heteroatoms. The van der Waals surface area contributed by atoms with Crippen LogP contribution in [-0.4, -0.2) is 10.9 Å². The molecule has 0 radical (unpaired) electrons. The van der Waals surface area contributed by atoms with E-state index in [-0.39, 0.29) is 12.5 Å². The van der Waals surface area contributed by atoms with Gasteiger partial charge in [0, 0.05) is 0 Å². The standard InChI is InChI=1S/C14H15ClN2O2/c1-9-10(2)19-12(17-9)8-16-14(18)13(15)11-6-4-3-5-7-11/h3-7,13H,8H2,1-2H3,(H,16,18). The Hall–Kier alpha value is -1.81. The normalized spacial score (nSPS) is 12.2. The van der Waals surface area contributed by atoms with Gasteiger partial charge in [-0.25, -0.2) is 4.98 Å². The van der Waals surface area contributed by atoms with Crippen molar-refractivity contribution in [2.45, 2.75) is 25.8 Å². The maximum atomic E-state index is 11.9. The summed E-state index contributed by atoms with van der Waals surface area (Å²) in [5.41, 5.74) is 1.59. The SMILES string of the molecule is Cc1nc(CNC(=O)C(Cl)c2ccccc2)oc1C. The molecule has 1 N–H and O–H groups in total. The molecule has 1 heterocycles. The Balaban J connectivity index is 1.94. The van der Waals surface area contributed by atoms with Gasteiger partial charge in [0.25, 0.3) is 0 Å². The highest BCUT2D eigenvalue weighted by Crippen LogP contribution is 2.20. The molecule has 4 nitrogen and oxygen atoms in total. The van der Waals surface area contributed by atoms with Crippen molar-refractivity contribution in [3.63, 3.8) is 0 Å². The molecule has 0 aliphatic carbocycles. The fourth-order valence-electron chi connectivity index (χ4n) is 1.64. The van der Waals surface area contributed by atoms with Crippen LogP contribution in [0.25, 0.3) is 0 Å². The molecule has 19 heavy (non-hydrogen) atoms. The monoisotopic (exact) mass is 278 g/mol. The highest BCUT2D eigenvalue weighted by molar-refractivity contribution is 6.30. The number of hydrogen-bond acceptors (Lipinski definition) is 3. The fraction of sp³-hybridized carbons (Fsp3) is 0.286. The smallest absolute Gasteiger partial charge is 0.243 e. The van der Waals surface area contributed by atoms with E-state index in [9.17, 15) is 4.79 Å². The molecule has 1 aromatic carbocycles. The summed E-state index contributed by atoms with van der Waals surface area (Å²) >= 11 is 6.10. The van der Waals surface area contributed by atoms with E-state index in [1.165, 1.54) is 0 Å². The lowest BCUT2D eigenvalue weighted by atomic mass is 10.1. The molecule has 0 saturated carbocycles. The topological polar surface area (TPSA) is 55.1 Å². The zero-order valence-electron chi connectivity index (χ0n) is 10.8. The van der Waals surface area contributed by atoms with Gasteiger partial charge in [-0.05, 0) is 19.4 Å². The van der Waals surface area contributed by atoms with E-state index in [2.05, 4.69) is 10.3 Å². The second-order valence-corrected chi connectivity index (χ2v) is 4.68. The summed E-state index contributed by atoms with van der Waals surface area (Å²) in [6.45, 7) is 3.93. The lowest BCUT2D eigenvalue weighted by Gasteiger charge is -2.09. The van der Waals surface area contributed by atoms with Crippen LogP contribution in [0.4, 0.5) is 0 Å². The molecule has 0 aliphatic rings. The first kappa shape index (κ1) is 13.6. The number of aryl methyl sites for hydroxylation is 2. The van der Waals surface area contributed by atoms with Gasteiger partial charge in [0.15, 0.2) is 0 Å². The van der Waals surface area contributed by atoms with Crippen LogP contribution >= 0.6 is 11.6 Å². The number of amides is 1. The van der Waals surface area contributed by atoms with Crippen molar-refractivity contribution in [1.29, 1.82) is 0 Å². The number of carbonyl (C=O) groups excluding carboxylic acids is 1. The molecule has 1 aromatic heterocycles. The van der Waals surface area contributed by atoms with Gasteiger partial charge < -0.3 is 9.73 Å². The van der Waals surface area contributed by atoms with Crippen molar-refractivity contribution < 1.29 is 9.21 Å². The lowest BCUT2D eigenvalue weighted by Crippen LogP contribution is -2.26. The minimum Gasteiger partial charge on any atom is -0.444 e. The van der Waals surface area contributed by atoms with Gasteiger partial charge >= 0.3 is 0 Å². The molecule has 0 aliphatic heterocycles. The van der Waals surface area contributed by atoms with Crippen LogP contribution in [0, 0.1) is 13.8 Å². The molecule has 2 aromatic rings. The number of aromatic nitrogens is 1. The van der Waals surface area contributed by atoms with Gasteiger partial charge in [-0.3, -0.25) is 4.79 Å². The van der Waals surface area contributed by atoms with Gasteiger partial charge in [-0.2, -0.15) is 0 Å². The number of oxazole rings is 1. The predicted octanol–water partition coefficient (Wildman–Crippen LogP) is 2.89. The van der Waals surface area contributed by atoms with Crippen LogP contribution in [0.1, 0.15) is 28.3 Å². The first-order valence-corrected chi connectivity index (χ1v) is 6.41. The molecule has 1 amide bonds. The lowest BCUT2D eigenvalue weighted by molar-refractivity contribution is -0.121. The number of hydrogen-bond donors (Lipinski definition) is 1. The first-order valence-electron chi connectivity index (χ1n) is 5.97. The second-order valence-electron chi connectivity index (χ2n) is 4.24. The summed E-state index contributed by atoms with van der Waals surface area (Å²) in [5.74, 6) is 0.983. The average molecular weight is 279 g/mol. The average Bonchev–Trinajstić information content (AvgIpc) is 2.75. The van der Waals surface area contributed by atoms with Gasteiger partial charge in [0.2, 0.25) is 11.8 Å². The summed E-state index contributed by atoms with van der Waals surface area (Å²) in [5, 5.41) is 2.00. The number of nitrogens with zero attached hydrogens (tertiary/aromatic N) is 1. The van der Waals surface area contributed by atoms with Crippen molar-refractivity contribution in [1.82, 2.24) is 10.3 Å². The van der Waals surface area contributed by atoms with Crippen LogP contribution in [0.5, 0.6) is 0 Å². The minimum atomic E-state index is -0.710. The number of halogens is 1. The van der Waals surface area contributed by atoms with Crippen LogP contribution in [0.2, 0.25) is 0 Å². The molecular formula is C14H15ClN2O2. The Labute approximate surface area is 116 Å². The maximum Gasteiger partial charge on any atom is 0.243 e. The number of alkyl halides is 1. The quantitative estimate of drug-likeness (QED) is 0.875.